The minimum absolute atomic E-state index is 0.366. The Bertz CT molecular complexity index is 221. The lowest BCUT2D eigenvalue weighted by atomic mass is 9.69. The topological polar surface area (TPSA) is 20.2 Å². The summed E-state index contributed by atoms with van der Waals surface area (Å²) in [6.07, 6.45) is 2.36. The molecule has 1 heteroatoms. The van der Waals surface area contributed by atoms with Gasteiger partial charge in [-0.2, -0.15) is 0 Å². The molecule has 2 aliphatic rings. The Hall–Kier alpha value is -0.0400. The molecule has 2 rings (SSSR count). The van der Waals surface area contributed by atoms with E-state index in [0.717, 1.165) is 24.2 Å². The van der Waals surface area contributed by atoms with Crippen molar-refractivity contribution in [3.05, 3.63) is 0 Å². The molecule has 2 unspecified atom stereocenters. The monoisotopic (exact) mass is 182 g/mol. The molecule has 0 aromatic rings. The highest BCUT2D eigenvalue weighted by atomic mass is 16.3. The summed E-state index contributed by atoms with van der Waals surface area (Å²) in [5.74, 6) is 2.61. The highest BCUT2D eigenvalue weighted by Gasteiger charge is 2.71. The molecule has 76 valence electrons. The highest BCUT2D eigenvalue weighted by molar-refractivity contribution is 5.19. The quantitative estimate of drug-likeness (QED) is 0.696. The van der Waals surface area contributed by atoms with E-state index in [1.54, 1.807) is 0 Å². The lowest BCUT2D eigenvalue weighted by Crippen LogP contribution is -2.30. The Morgan fingerprint density at radius 3 is 2.31 bits per heavy atom. The molecular formula is C12H22O. The van der Waals surface area contributed by atoms with E-state index >= 15 is 0 Å². The van der Waals surface area contributed by atoms with Gasteiger partial charge in [0.15, 0.2) is 0 Å². The fourth-order valence-corrected chi connectivity index (χ4v) is 4.02. The van der Waals surface area contributed by atoms with Gasteiger partial charge in [-0.05, 0) is 41.4 Å². The minimum Gasteiger partial charge on any atom is -0.396 e. The summed E-state index contributed by atoms with van der Waals surface area (Å²) in [4.78, 5) is 0. The number of fused-ring (bicyclic) bond motifs is 1. The second-order valence-electron chi connectivity index (χ2n) is 5.84. The SMILES string of the molecule is C[C@H]1C2CC(CCO)C(C)(C)[C@]21C. The Kier molecular flexibility index (Phi) is 1.83. The van der Waals surface area contributed by atoms with Crippen LogP contribution in [0.1, 0.15) is 40.5 Å². The number of rotatable bonds is 2. The van der Waals surface area contributed by atoms with E-state index in [1.807, 2.05) is 0 Å². The largest absolute Gasteiger partial charge is 0.396 e. The molecule has 2 fully saturated rings. The molecule has 0 aromatic carbocycles. The molecule has 1 N–H and O–H groups in total. The van der Waals surface area contributed by atoms with E-state index in [2.05, 4.69) is 27.7 Å². The fourth-order valence-electron chi connectivity index (χ4n) is 4.02. The van der Waals surface area contributed by atoms with Crippen LogP contribution in [-0.2, 0) is 0 Å². The zero-order chi connectivity index (χ0) is 9.85. The molecule has 1 nitrogen and oxygen atoms in total. The van der Waals surface area contributed by atoms with Gasteiger partial charge in [0.2, 0.25) is 0 Å². The maximum absolute atomic E-state index is 9.01. The van der Waals surface area contributed by atoms with Gasteiger partial charge in [0.1, 0.15) is 0 Å². The van der Waals surface area contributed by atoms with Gasteiger partial charge in [0.05, 0.1) is 0 Å². The number of aliphatic hydroxyl groups is 1. The van der Waals surface area contributed by atoms with Crippen LogP contribution in [0.25, 0.3) is 0 Å². The number of aliphatic hydroxyl groups excluding tert-OH is 1. The van der Waals surface area contributed by atoms with Crippen LogP contribution in [0, 0.1) is 28.6 Å². The molecule has 0 saturated heterocycles. The molecule has 0 amide bonds. The van der Waals surface area contributed by atoms with Crippen LogP contribution in [0.15, 0.2) is 0 Å². The average Bonchev–Trinajstić information content (AvgIpc) is 2.49. The van der Waals surface area contributed by atoms with E-state index in [-0.39, 0.29) is 0 Å². The fraction of sp³-hybridized carbons (Fsp3) is 1.00. The lowest BCUT2D eigenvalue weighted by Gasteiger charge is -2.36. The minimum atomic E-state index is 0.366. The molecule has 4 atom stereocenters. The van der Waals surface area contributed by atoms with Crippen molar-refractivity contribution in [3.63, 3.8) is 0 Å². The van der Waals surface area contributed by atoms with Gasteiger partial charge in [-0.3, -0.25) is 0 Å². The second kappa shape index (κ2) is 2.50. The van der Waals surface area contributed by atoms with Gasteiger partial charge in [0, 0.05) is 6.61 Å². The van der Waals surface area contributed by atoms with E-state index in [0.29, 0.717) is 17.4 Å². The van der Waals surface area contributed by atoms with Crippen molar-refractivity contribution in [2.24, 2.45) is 28.6 Å². The van der Waals surface area contributed by atoms with Crippen molar-refractivity contribution in [1.82, 2.24) is 0 Å². The molecule has 0 spiro atoms. The Labute approximate surface area is 81.5 Å². The molecule has 0 aliphatic heterocycles. The summed E-state index contributed by atoms with van der Waals surface area (Å²) in [6.45, 7) is 10.0. The van der Waals surface area contributed by atoms with E-state index < -0.39 is 0 Å². The first-order valence-electron chi connectivity index (χ1n) is 5.57. The summed E-state index contributed by atoms with van der Waals surface area (Å²) in [5.41, 5.74) is 1.02. The Morgan fingerprint density at radius 1 is 1.31 bits per heavy atom. The zero-order valence-corrected chi connectivity index (χ0v) is 9.30. The van der Waals surface area contributed by atoms with Crippen LogP contribution in [0.3, 0.4) is 0 Å². The van der Waals surface area contributed by atoms with Crippen LogP contribution >= 0.6 is 0 Å². The summed E-state index contributed by atoms with van der Waals surface area (Å²) < 4.78 is 0. The molecule has 2 aliphatic carbocycles. The van der Waals surface area contributed by atoms with Gasteiger partial charge in [0.25, 0.3) is 0 Å². The van der Waals surface area contributed by atoms with E-state index in [1.165, 1.54) is 6.42 Å². The maximum atomic E-state index is 9.01. The van der Waals surface area contributed by atoms with Crippen LogP contribution in [-0.4, -0.2) is 11.7 Å². The molecule has 0 bridgehead atoms. The molecule has 0 radical (unpaired) electrons. The Balaban J connectivity index is 2.16. The normalized spacial score (nSPS) is 51.9. The first kappa shape index (κ1) is 9.51. The first-order chi connectivity index (χ1) is 5.96. The lowest BCUT2D eigenvalue weighted by molar-refractivity contribution is 0.105. The molecule has 2 saturated carbocycles. The molecular weight excluding hydrogens is 160 g/mol. The van der Waals surface area contributed by atoms with Gasteiger partial charge in [-0.15, -0.1) is 0 Å². The third-order valence-electron chi connectivity index (χ3n) is 5.64. The van der Waals surface area contributed by atoms with Crippen LogP contribution in [0.2, 0.25) is 0 Å². The predicted octanol–water partition coefficient (Wildman–Crippen LogP) is 2.69. The molecule has 0 heterocycles. The van der Waals surface area contributed by atoms with Crippen molar-refractivity contribution < 1.29 is 5.11 Å². The smallest absolute Gasteiger partial charge is 0.0433 e. The van der Waals surface area contributed by atoms with E-state index in [4.69, 9.17) is 5.11 Å². The molecule has 0 aromatic heterocycles. The van der Waals surface area contributed by atoms with Crippen LogP contribution < -0.4 is 0 Å². The van der Waals surface area contributed by atoms with Crippen molar-refractivity contribution in [1.29, 1.82) is 0 Å². The summed E-state index contributed by atoms with van der Waals surface area (Å²) >= 11 is 0. The number of hydrogen-bond acceptors (Lipinski definition) is 1. The maximum Gasteiger partial charge on any atom is 0.0433 e. The zero-order valence-electron chi connectivity index (χ0n) is 9.30. The highest BCUT2D eigenvalue weighted by Crippen LogP contribution is 2.77. The third kappa shape index (κ3) is 0.918. The number of hydrogen-bond donors (Lipinski definition) is 1. The second-order valence-corrected chi connectivity index (χ2v) is 5.84. The van der Waals surface area contributed by atoms with Crippen molar-refractivity contribution >= 4 is 0 Å². The van der Waals surface area contributed by atoms with Gasteiger partial charge < -0.3 is 5.11 Å². The Morgan fingerprint density at radius 2 is 1.92 bits per heavy atom. The summed E-state index contributed by atoms with van der Waals surface area (Å²) in [6, 6.07) is 0. The van der Waals surface area contributed by atoms with Gasteiger partial charge >= 0.3 is 0 Å². The van der Waals surface area contributed by atoms with Crippen molar-refractivity contribution in [2.45, 2.75) is 40.5 Å². The van der Waals surface area contributed by atoms with Gasteiger partial charge in [-0.25, -0.2) is 0 Å². The van der Waals surface area contributed by atoms with Crippen LogP contribution in [0.5, 0.6) is 0 Å². The molecule has 13 heavy (non-hydrogen) atoms. The summed E-state index contributed by atoms with van der Waals surface area (Å²) in [5, 5.41) is 9.01. The predicted molar refractivity (Wildman–Crippen MR) is 54.4 cm³/mol. The standard InChI is InChI=1S/C12H22O/c1-8-10-7-9(5-6-13)11(2,3)12(8,10)4/h8-10,13H,5-7H2,1-4H3/t8-,9?,10?,12-/m0/s1. The van der Waals surface area contributed by atoms with Crippen molar-refractivity contribution in [2.75, 3.05) is 6.61 Å². The first-order valence-corrected chi connectivity index (χ1v) is 5.57. The summed E-state index contributed by atoms with van der Waals surface area (Å²) in [7, 11) is 0. The van der Waals surface area contributed by atoms with Crippen molar-refractivity contribution in [3.8, 4) is 0 Å². The van der Waals surface area contributed by atoms with E-state index in [9.17, 15) is 0 Å². The van der Waals surface area contributed by atoms with Crippen LogP contribution in [0.4, 0.5) is 0 Å². The van der Waals surface area contributed by atoms with Gasteiger partial charge in [-0.1, -0.05) is 27.7 Å². The average molecular weight is 182 g/mol. The third-order valence-corrected chi connectivity index (χ3v) is 5.64.